The van der Waals surface area contributed by atoms with Crippen LogP contribution < -0.4 is 4.72 Å². The smallest absolute Gasteiger partial charge is 0.215 e. The molecule has 0 aliphatic carbocycles. The number of rotatable bonds is 3. The van der Waals surface area contributed by atoms with Gasteiger partial charge in [0.1, 0.15) is 9.84 Å². The Kier molecular flexibility index (Phi) is 3.70. The van der Waals surface area contributed by atoms with Gasteiger partial charge in [-0.3, -0.25) is 0 Å². The minimum absolute atomic E-state index is 0.0921. The van der Waals surface area contributed by atoms with Gasteiger partial charge >= 0.3 is 0 Å². The van der Waals surface area contributed by atoms with Crippen molar-refractivity contribution in [1.29, 1.82) is 5.26 Å². The fourth-order valence-corrected chi connectivity index (χ4v) is 4.58. The standard InChI is InChI=1S/C7H12N2O4S2/c8-3-4-9-15(12,13)7-1-5-14(10,11)6-2-7/h7,9H,1-2,4-6H2. The van der Waals surface area contributed by atoms with Crippen LogP contribution >= 0.6 is 0 Å². The summed E-state index contributed by atoms with van der Waals surface area (Å²) in [4.78, 5) is 0. The van der Waals surface area contributed by atoms with Crippen LogP contribution in [0.1, 0.15) is 12.8 Å². The van der Waals surface area contributed by atoms with Gasteiger partial charge in [0.05, 0.1) is 29.4 Å². The van der Waals surface area contributed by atoms with Gasteiger partial charge in [0.15, 0.2) is 0 Å². The first-order valence-electron chi connectivity index (χ1n) is 4.43. The molecule has 0 spiro atoms. The van der Waals surface area contributed by atoms with Gasteiger partial charge in [0, 0.05) is 0 Å². The van der Waals surface area contributed by atoms with Gasteiger partial charge in [-0.25, -0.2) is 21.6 Å². The van der Waals surface area contributed by atoms with E-state index in [4.69, 9.17) is 5.26 Å². The van der Waals surface area contributed by atoms with Crippen molar-refractivity contribution >= 4 is 19.9 Å². The average Bonchev–Trinajstić information content (AvgIpc) is 2.14. The van der Waals surface area contributed by atoms with E-state index in [1.54, 1.807) is 6.07 Å². The maximum atomic E-state index is 11.5. The molecule has 1 saturated heterocycles. The Hall–Kier alpha value is -0.650. The third-order valence-electron chi connectivity index (χ3n) is 2.29. The maximum Gasteiger partial charge on any atom is 0.215 e. The van der Waals surface area contributed by atoms with Crippen LogP contribution in [-0.2, 0) is 19.9 Å². The van der Waals surface area contributed by atoms with E-state index >= 15 is 0 Å². The first kappa shape index (κ1) is 12.4. The lowest BCUT2D eigenvalue weighted by Crippen LogP contribution is -2.39. The lowest BCUT2D eigenvalue weighted by molar-refractivity contribution is 0.545. The molecule has 0 atom stereocenters. The second-order valence-corrected chi connectivity index (χ2v) is 7.72. The molecule has 15 heavy (non-hydrogen) atoms. The van der Waals surface area contributed by atoms with Crippen LogP contribution in [0.25, 0.3) is 0 Å². The number of nitriles is 1. The third kappa shape index (κ3) is 3.44. The second-order valence-electron chi connectivity index (χ2n) is 3.38. The topological polar surface area (TPSA) is 104 Å². The highest BCUT2D eigenvalue weighted by Crippen LogP contribution is 2.18. The molecule has 8 heteroatoms. The van der Waals surface area contributed by atoms with Crippen molar-refractivity contribution < 1.29 is 16.8 Å². The van der Waals surface area contributed by atoms with E-state index < -0.39 is 25.1 Å². The predicted octanol–water partition coefficient (Wildman–Crippen LogP) is -0.993. The molecule has 1 heterocycles. The zero-order chi connectivity index (χ0) is 11.5. The third-order valence-corrected chi connectivity index (χ3v) is 5.90. The summed E-state index contributed by atoms with van der Waals surface area (Å²) < 4.78 is 47.3. The molecule has 0 aromatic heterocycles. The summed E-state index contributed by atoms with van der Waals surface area (Å²) in [6.45, 7) is -0.272. The molecule has 0 aromatic carbocycles. The molecular weight excluding hydrogens is 240 g/mol. The zero-order valence-corrected chi connectivity index (χ0v) is 9.64. The van der Waals surface area contributed by atoms with Gasteiger partial charge in [0.25, 0.3) is 0 Å². The molecule has 86 valence electrons. The molecule has 0 radical (unpaired) electrons. The monoisotopic (exact) mass is 252 g/mol. The molecule has 6 nitrogen and oxygen atoms in total. The van der Waals surface area contributed by atoms with Crippen LogP contribution in [0, 0.1) is 11.3 Å². The molecule has 0 bridgehead atoms. The zero-order valence-electron chi connectivity index (χ0n) is 8.01. The molecule has 1 rings (SSSR count). The lowest BCUT2D eigenvalue weighted by Gasteiger charge is -2.21. The highest BCUT2D eigenvalue weighted by atomic mass is 32.2. The van der Waals surface area contributed by atoms with Crippen LogP contribution in [0.4, 0.5) is 0 Å². The Balaban J connectivity index is 2.65. The van der Waals surface area contributed by atoms with Crippen molar-refractivity contribution in [3.05, 3.63) is 0 Å². The van der Waals surface area contributed by atoms with Crippen LogP contribution in [0.15, 0.2) is 0 Å². The summed E-state index contributed by atoms with van der Waals surface area (Å²) in [5.74, 6) is -0.184. The fraction of sp³-hybridized carbons (Fsp3) is 0.857. The van der Waals surface area contributed by atoms with Crippen molar-refractivity contribution in [2.75, 3.05) is 18.1 Å². The number of sulfonamides is 1. The molecule has 0 unspecified atom stereocenters. The molecule has 0 amide bonds. The second kappa shape index (κ2) is 4.47. The SMILES string of the molecule is N#CCNS(=O)(=O)C1CCS(=O)(=O)CC1. The van der Waals surface area contributed by atoms with E-state index in [0.717, 1.165) is 0 Å². The summed E-state index contributed by atoms with van der Waals surface area (Å²) in [6.07, 6.45) is 0.228. The van der Waals surface area contributed by atoms with Crippen molar-refractivity contribution in [1.82, 2.24) is 4.72 Å². The van der Waals surface area contributed by atoms with E-state index in [-0.39, 0.29) is 30.9 Å². The maximum absolute atomic E-state index is 11.5. The van der Waals surface area contributed by atoms with Crippen LogP contribution in [-0.4, -0.2) is 40.1 Å². The molecule has 1 aliphatic heterocycles. The van der Waals surface area contributed by atoms with E-state index in [1.807, 2.05) is 0 Å². The van der Waals surface area contributed by atoms with Crippen molar-refractivity contribution in [3.63, 3.8) is 0 Å². The summed E-state index contributed by atoms with van der Waals surface area (Å²) in [7, 11) is -6.59. The predicted molar refractivity (Wildman–Crippen MR) is 54.2 cm³/mol. The van der Waals surface area contributed by atoms with E-state index in [2.05, 4.69) is 4.72 Å². The number of hydrogen-bond donors (Lipinski definition) is 1. The molecule has 0 aromatic rings. The lowest BCUT2D eigenvalue weighted by atomic mass is 10.2. The number of hydrogen-bond acceptors (Lipinski definition) is 5. The first-order valence-corrected chi connectivity index (χ1v) is 7.80. The van der Waals surface area contributed by atoms with Gasteiger partial charge in [-0.05, 0) is 12.8 Å². The average molecular weight is 252 g/mol. The summed E-state index contributed by atoms with van der Waals surface area (Å²) >= 11 is 0. The number of nitrogens with one attached hydrogen (secondary N) is 1. The minimum atomic E-state index is -3.53. The van der Waals surface area contributed by atoms with Crippen molar-refractivity contribution in [2.24, 2.45) is 0 Å². The Morgan fingerprint density at radius 3 is 2.33 bits per heavy atom. The molecule has 0 saturated carbocycles. The highest BCUT2D eigenvalue weighted by molar-refractivity contribution is 7.92. The Morgan fingerprint density at radius 1 is 1.33 bits per heavy atom. The molecule has 1 N–H and O–H groups in total. The Labute approximate surface area is 89.3 Å². The van der Waals surface area contributed by atoms with Crippen LogP contribution in [0.2, 0.25) is 0 Å². The Morgan fingerprint density at radius 2 is 1.87 bits per heavy atom. The van der Waals surface area contributed by atoms with Crippen molar-refractivity contribution in [2.45, 2.75) is 18.1 Å². The highest BCUT2D eigenvalue weighted by Gasteiger charge is 2.32. The number of sulfone groups is 1. The van der Waals surface area contributed by atoms with Gasteiger partial charge in [-0.2, -0.15) is 5.26 Å². The van der Waals surface area contributed by atoms with Gasteiger partial charge in [0.2, 0.25) is 10.0 Å². The molecule has 1 aliphatic rings. The summed E-state index contributed by atoms with van der Waals surface area (Å²) in [5, 5.41) is 7.55. The van der Waals surface area contributed by atoms with Crippen LogP contribution in [0.3, 0.4) is 0 Å². The minimum Gasteiger partial charge on any atom is -0.229 e. The van der Waals surface area contributed by atoms with E-state index in [1.165, 1.54) is 0 Å². The van der Waals surface area contributed by atoms with Gasteiger partial charge < -0.3 is 0 Å². The quantitative estimate of drug-likeness (QED) is 0.649. The summed E-state index contributed by atoms with van der Waals surface area (Å²) in [6, 6.07) is 1.67. The van der Waals surface area contributed by atoms with Gasteiger partial charge in [-0.15, -0.1) is 0 Å². The molecular formula is C7H12N2O4S2. The first-order chi connectivity index (χ1) is 6.87. The van der Waals surface area contributed by atoms with Crippen LogP contribution in [0.5, 0.6) is 0 Å². The largest absolute Gasteiger partial charge is 0.229 e. The van der Waals surface area contributed by atoms with Gasteiger partial charge in [-0.1, -0.05) is 0 Å². The van der Waals surface area contributed by atoms with E-state index in [9.17, 15) is 16.8 Å². The molecule has 1 fully saturated rings. The normalized spacial score (nSPS) is 22.1. The number of nitrogens with zero attached hydrogens (tertiary/aromatic N) is 1. The fourth-order valence-electron chi connectivity index (χ4n) is 1.43. The van der Waals surface area contributed by atoms with E-state index in [0.29, 0.717) is 0 Å². The Bertz CT molecular complexity index is 446. The van der Waals surface area contributed by atoms with Crippen molar-refractivity contribution in [3.8, 4) is 6.07 Å². The summed E-state index contributed by atoms with van der Waals surface area (Å²) in [5.41, 5.74) is 0.